The number of fused-ring (bicyclic) bond motifs is 1. The number of benzene rings is 1. The van der Waals surface area contributed by atoms with Crippen molar-refractivity contribution >= 4 is 11.7 Å². The molecule has 8 nitrogen and oxygen atoms in total. The van der Waals surface area contributed by atoms with Crippen LogP contribution in [0.25, 0.3) is 17.2 Å². The molecule has 1 amide bonds. The highest BCUT2D eigenvalue weighted by molar-refractivity contribution is 5.76. The maximum absolute atomic E-state index is 12.5. The van der Waals surface area contributed by atoms with Crippen molar-refractivity contribution in [2.24, 2.45) is 0 Å². The molecule has 0 spiro atoms. The van der Waals surface area contributed by atoms with Gasteiger partial charge in [0, 0.05) is 35.5 Å². The molecule has 1 N–H and O–H groups in total. The molecular formula is C24H31N5O3. The molecule has 3 aromatic rings. The van der Waals surface area contributed by atoms with E-state index in [4.69, 9.17) is 9.47 Å². The van der Waals surface area contributed by atoms with E-state index in [9.17, 15) is 4.79 Å². The number of rotatable bonds is 7. The quantitative estimate of drug-likeness (QED) is 0.605. The molecule has 170 valence electrons. The zero-order chi connectivity index (χ0) is 22.7. The summed E-state index contributed by atoms with van der Waals surface area (Å²) in [4.78, 5) is 21.8. The molecule has 0 unspecified atom stereocenters. The van der Waals surface area contributed by atoms with E-state index in [0.717, 1.165) is 35.4 Å². The van der Waals surface area contributed by atoms with Crippen LogP contribution in [0, 0.1) is 13.8 Å². The molecule has 0 saturated heterocycles. The van der Waals surface area contributed by atoms with Crippen molar-refractivity contribution in [2.75, 3.05) is 14.2 Å². The molecule has 1 aliphatic carbocycles. The lowest BCUT2D eigenvalue weighted by molar-refractivity contribution is -0.121. The summed E-state index contributed by atoms with van der Waals surface area (Å²) in [6, 6.07) is 5.88. The standard InChI is InChI=1S/C24H31N5O3/c1-15-21(10-11-22(30)26-18-8-6-5-7-9-18)16(2)29-24(25-15)27-23(28-29)17-12-19(31-3)14-20(13-17)32-4/h12-14,18H,5-11H2,1-4H3,(H,26,30). The van der Waals surface area contributed by atoms with Crippen molar-refractivity contribution in [2.45, 2.75) is 64.8 Å². The second-order valence-corrected chi connectivity index (χ2v) is 8.41. The number of nitrogens with zero attached hydrogens (tertiary/aromatic N) is 4. The van der Waals surface area contributed by atoms with Gasteiger partial charge >= 0.3 is 0 Å². The van der Waals surface area contributed by atoms with Crippen LogP contribution in [0.2, 0.25) is 0 Å². The predicted molar refractivity (Wildman–Crippen MR) is 122 cm³/mol. The topological polar surface area (TPSA) is 90.6 Å². The summed E-state index contributed by atoms with van der Waals surface area (Å²) in [5.74, 6) is 2.53. The molecule has 1 aliphatic rings. The monoisotopic (exact) mass is 437 g/mol. The number of hydrogen-bond donors (Lipinski definition) is 1. The van der Waals surface area contributed by atoms with Crippen molar-refractivity contribution in [1.29, 1.82) is 0 Å². The van der Waals surface area contributed by atoms with Crippen LogP contribution in [0.5, 0.6) is 11.5 Å². The Morgan fingerprint density at radius 1 is 1.06 bits per heavy atom. The third-order valence-electron chi connectivity index (χ3n) is 6.23. The minimum atomic E-state index is 0.110. The zero-order valence-electron chi connectivity index (χ0n) is 19.3. The molecule has 4 rings (SSSR count). The summed E-state index contributed by atoms with van der Waals surface area (Å²) in [5.41, 5.74) is 3.65. The van der Waals surface area contributed by atoms with Gasteiger partial charge in [-0.2, -0.15) is 4.98 Å². The number of hydrogen-bond acceptors (Lipinski definition) is 6. The normalized spacial score (nSPS) is 14.5. The average Bonchev–Trinajstić information content (AvgIpc) is 3.23. The molecule has 0 bridgehead atoms. The molecule has 1 fully saturated rings. The number of aryl methyl sites for hydroxylation is 2. The van der Waals surface area contributed by atoms with Crippen LogP contribution in [0.4, 0.5) is 0 Å². The SMILES string of the molecule is COc1cc(OC)cc(-c2nc3nc(C)c(CCC(=O)NC4CCCCC4)c(C)n3n2)c1. The summed E-state index contributed by atoms with van der Waals surface area (Å²) in [6.45, 7) is 3.96. The van der Waals surface area contributed by atoms with Gasteiger partial charge in [0.2, 0.25) is 5.91 Å². The van der Waals surface area contributed by atoms with Gasteiger partial charge in [-0.3, -0.25) is 4.79 Å². The van der Waals surface area contributed by atoms with Crippen LogP contribution in [-0.2, 0) is 11.2 Å². The molecule has 1 aromatic carbocycles. The lowest BCUT2D eigenvalue weighted by Gasteiger charge is -2.22. The van der Waals surface area contributed by atoms with Crippen molar-refractivity contribution in [1.82, 2.24) is 24.9 Å². The van der Waals surface area contributed by atoms with Gasteiger partial charge in [0.05, 0.1) is 14.2 Å². The molecule has 0 aliphatic heterocycles. The average molecular weight is 438 g/mol. The third kappa shape index (κ3) is 4.69. The summed E-state index contributed by atoms with van der Waals surface area (Å²) >= 11 is 0. The van der Waals surface area contributed by atoms with Gasteiger partial charge in [-0.1, -0.05) is 19.3 Å². The van der Waals surface area contributed by atoms with Gasteiger partial charge in [-0.15, -0.1) is 5.10 Å². The van der Waals surface area contributed by atoms with Gasteiger partial charge in [-0.25, -0.2) is 9.50 Å². The van der Waals surface area contributed by atoms with E-state index in [-0.39, 0.29) is 5.91 Å². The maximum Gasteiger partial charge on any atom is 0.253 e. The van der Waals surface area contributed by atoms with Gasteiger partial charge in [0.25, 0.3) is 5.78 Å². The van der Waals surface area contributed by atoms with Crippen molar-refractivity contribution in [3.63, 3.8) is 0 Å². The van der Waals surface area contributed by atoms with Crippen LogP contribution >= 0.6 is 0 Å². The fourth-order valence-corrected chi connectivity index (χ4v) is 4.41. The van der Waals surface area contributed by atoms with E-state index in [0.29, 0.717) is 42.0 Å². The second kappa shape index (κ2) is 9.54. The van der Waals surface area contributed by atoms with Crippen LogP contribution in [-0.4, -0.2) is 45.8 Å². The summed E-state index contributed by atoms with van der Waals surface area (Å²) in [6.07, 6.45) is 6.94. The van der Waals surface area contributed by atoms with Crippen molar-refractivity contribution in [3.05, 3.63) is 35.2 Å². The summed E-state index contributed by atoms with van der Waals surface area (Å²) < 4.78 is 12.5. The largest absolute Gasteiger partial charge is 0.497 e. The third-order valence-corrected chi connectivity index (χ3v) is 6.23. The van der Waals surface area contributed by atoms with Crippen LogP contribution in [0.15, 0.2) is 18.2 Å². The molecule has 0 radical (unpaired) electrons. The fourth-order valence-electron chi connectivity index (χ4n) is 4.41. The molecule has 2 aromatic heterocycles. The van der Waals surface area contributed by atoms with Gasteiger partial charge in [0.1, 0.15) is 11.5 Å². The molecule has 32 heavy (non-hydrogen) atoms. The van der Waals surface area contributed by atoms with Crippen LogP contribution in [0.1, 0.15) is 55.5 Å². The van der Waals surface area contributed by atoms with Crippen molar-refractivity contribution < 1.29 is 14.3 Å². The first-order chi connectivity index (χ1) is 15.5. The Morgan fingerprint density at radius 3 is 2.41 bits per heavy atom. The Hall–Kier alpha value is -3.16. The fraction of sp³-hybridized carbons (Fsp3) is 0.500. The Morgan fingerprint density at radius 2 is 1.75 bits per heavy atom. The number of ether oxygens (including phenoxy) is 2. The number of aromatic nitrogens is 4. The number of nitrogens with one attached hydrogen (secondary N) is 1. The van der Waals surface area contributed by atoms with Gasteiger partial charge < -0.3 is 14.8 Å². The number of amides is 1. The smallest absolute Gasteiger partial charge is 0.253 e. The van der Waals surface area contributed by atoms with E-state index < -0.39 is 0 Å². The van der Waals surface area contributed by atoms with Crippen LogP contribution < -0.4 is 14.8 Å². The Bertz CT molecular complexity index is 1100. The van der Waals surface area contributed by atoms with E-state index in [2.05, 4.69) is 20.4 Å². The van der Waals surface area contributed by atoms with E-state index in [1.54, 1.807) is 18.7 Å². The second-order valence-electron chi connectivity index (χ2n) is 8.41. The van der Waals surface area contributed by atoms with Gasteiger partial charge in [-0.05, 0) is 50.8 Å². The highest BCUT2D eigenvalue weighted by Crippen LogP contribution is 2.28. The minimum absolute atomic E-state index is 0.110. The molecule has 2 heterocycles. The molecule has 8 heteroatoms. The van der Waals surface area contributed by atoms with E-state index >= 15 is 0 Å². The Labute approximate surface area is 188 Å². The number of carbonyl (C=O) groups is 1. The Kier molecular flexibility index (Phi) is 6.58. The number of methoxy groups -OCH3 is 2. The molecular weight excluding hydrogens is 406 g/mol. The Balaban J connectivity index is 1.56. The highest BCUT2D eigenvalue weighted by atomic mass is 16.5. The first kappa shape index (κ1) is 22.0. The highest BCUT2D eigenvalue weighted by Gasteiger charge is 2.18. The maximum atomic E-state index is 12.5. The van der Waals surface area contributed by atoms with Crippen molar-refractivity contribution in [3.8, 4) is 22.9 Å². The zero-order valence-corrected chi connectivity index (χ0v) is 19.3. The van der Waals surface area contributed by atoms with E-state index in [1.807, 2.05) is 32.0 Å². The lowest BCUT2D eigenvalue weighted by atomic mass is 9.95. The first-order valence-electron chi connectivity index (χ1n) is 11.2. The van der Waals surface area contributed by atoms with Crippen LogP contribution in [0.3, 0.4) is 0 Å². The molecule has 0 atom stereocenters. The summed E-state index contributed by atoms with van der Waals surface area (Å²) in [5, 5.41) is 7.88. The van der Waals surface area contributed by atoms with E-state index in [1.165, 1.54) is 19.3 Å². The predicted octanol–water partition coefficient (Wildman–Crippen LogP) is 3.81. The van der Waals surface area contributed by atoms with Gasteiger partial charge in [0.15, 0.2) is 5.82 Å². The lowest BCUT2D eigenvalue weighted by Crippen LogP contribution is -2.36. The summed E-state index contributed by atoms with van der Waals surface area (Å²) in [7, 11) is 3.23. The first-order valence-corrected chi connectivity index (χ1v) is 11.2. The minimum Gasteiger partial charge on any atom is -0.497 e. The number of carbonyl (C=O) groups excluding carboxylic acids is 1. The molecule has 1 saturated carbocycles.